The standard InChI is InChI=1S/C4H4N5O2S/c5-2(10)1(8-11)3-7-4(6)12-9-3/h5,11H,(H2,6,7,9)/b8-1+. The van der Waals surface area contributed by atoms with E-state index in [9.17, 15) is 4.79 Å². The van der Waals surface area contributed by atoms with E-state index in [1.165, 1.54) is 0 Å². The summed E-state index contributed by atoms with van der Waals surface area (Å²) in [5.74, 6) is -1.28. The summed E-state index contributed by atoms with van der Waals surface area (Å²) in [7, 11) is 0. The lowest BCUT2D eigenvalue weighted by molar-refractivity contribution is -0.112. The molecule has 1 rings (SSSR count). The molecule has 1 amide bonds. The number of aromatic nitrogens is 2. The van der Waals surface area contributed by atoms with E-state index in [0.717, 1.165) is 11.5 Å². The van der Waals surface area contributed by atoms with Crippen LogP contribution < -0.4 is 11.5 Å². The van der Waals surface area contributed by atoms with E-state index in [1.807, 2.05) is 0 Å². The summed E-state index contributed by atoms with van der Waals surface area (Å²) < 4.78 is 3.58. The third-order valence-corrected chi connectivity index (χ3v) is 1.51. The summed E-state index contributed by atoms with van der Waals surface area (Å²) in [6, 6.07) is 0. The highest BCUT2D eigenvalue weighted by Gasteiger charge is 2.16. The van der Waals surface area contributed by atoms with Crippen LogP contribution in [0.15, 0.2) is 5.16 Å². The van der Waals surface area contributed by atoms with Crippen molar-refractivity contribution in [2.45, 2.75) is 0 Å². The molecule has 8 heteroatoms. The van der Waals surface area contributed by atoms with Gasteiger partial charge in [-0.25, -0.2) is 0 Å². The highest BCUT2D eigenvalue weighted by atomic mass is 32.1. The molecule has 12 heavy (non-hydrogen) atoms. The molecular formula is C4H4N5O2S. The second-order valence-electron chi connectivity index (χ2n) is 1.73. The Hall–Kier alpha value is -1.70. The third-order valence-electron chi connectivity index (χ3n) is 0.969. The van der Waals surface area contributed by atoms with Gasteiger partial charge in [0.2, 0.25) is 11.5 Å². The fourth-order valence-corrected chi connectivity index (χ4v) is 0.958. The van der Waals surface area contributed by atoms with Gasteiger partial charge in [0.1, 0.15) is 0 Å². The number of nitrogens with two attached hydrogens (primary N) is 1. The van der Waals surface area contributed by atoms with Gasteiger partial charge < -0.3 is 10.9 Å². The minimum Gasteiger partial charge on any atom is -0.410 e. The summed E-state index contributed by atoms with van der Waals surface area (Å²) in [5, 5.41) is 11.0. The Balaban J connectivity index is 3.04. The normalized spacial score (nSPS) is 11.5. The molecule has 0 spiro atoms. The van der Waals surface area contributed by atoms with E-state index in [0.29, 0.717) is 0 Å². The molecule has 1 heterocycles. The van der Waals surface area contributed by atoms with Gasteiger partial charge in [-0.05, 0) is 0 Å². The molecule has 0 aliphatic carbocycles. The Bertz CT molecular complexity index is 332. The smallest absolute Gasteiger partial charge is 0.295 e. The molecule has 1 radical (unpaired) electrons. The zero-order valence-electron chi connectivity index (χ0n) is 5.68. The van der Waals surface area contributed by atoms with Crippen LogP contribution in [-0.4, -0.2) is 26.2 Å². The zero-order chi connectivity index (χ0) is 9.14. The molecule has 0 unspecified atom stereocenters. The lowest BCUT2D eigenvalue weighted by Gasteiger charge is -1.89. The molecule has 4 N–H and O–H groups in total. The van der Waals surface area contributed by atoms with E-state index in [2.05, 4.69) is 14.5 Å². The van der Waals surface area contributed by atoms with Crippen LogP contribution in [0.2, 0.25) is 0 Å². The average Bonchev–Trinajstić information content (AvgIpc) is 2.37. The summed E-state index contributed by atoms with van der Waals surface area (Å²) >= 11 is 0.855. The van der Waals surface area contributed by atoms with Crippen LogP contribution in [0.4, 0.5) is 5.13 Å². The molecule has 1 aromatic heterocycles. The SMILES string of the molecule is [NH]C(=O)/C(=N\O)c1nsc(N)n1. The van der Waals surface area contributed by atoms with E-state index < -0.39 is 11.6 Å². The van der Waals surface area contributed by atoms with Crippen LogP contribution in [0.3, 0.4) is 0 Å². The van der Waals surface area contributed by atoms with Crippen molar-refractivity contribution in [3.63, 3.8) is 0 Å². The van der Waals surface area contributed by atoms with Crippen LogP contribution in [0.25, 0.3) is 0 Å². The molecule has 7 nitrogen and oxygen atoms in total. The maximum atomic E-state index is 10.4. The molecule has 1 aromatic rings. The zero-order valence-corrected chi connectivity index (χ0v) is 6.50. The topological polar surface area (TPSA) is 125 Å². The van der Waals surface area contributed by atoms with Gasteiger partial charge >= 0.3 is 0 Å². The van der Waals surface area contributed by atoms with Gasteiger partial charge in [-0.2, -0.15) is 9.36 Å². The van der Waals surface area contributed by atoms with Crippen LogP contribution in [0.5, 0.6) is 0 Å². The Kier molecular flexibility index (Phi) is 2.19. The number of amides is 1. The first-order valence-electron chi connectivity index (χ1n) is 2.72. The molecular weight excluding hydrogens is 182 g/mol. The van der Waals surface area contributed by atoms with Crippen molar-refractivity contribution in [2.24, 2.45) is 5.16 Å². The molecule has 0 saturated carbocycles. The van der Waals surface area contributed by atoms with Gasteiger partial charge in [0.25, 0.3) is 5.91 Å². The Morgan fingerprint density at radius 3 is 2.75 bits per heavy atom. The van der Waals surface area contributed by atoms with Crippen molar-refractivity contribution in [3.05, 3.63) is 5.82 Å². The number of oxime groups is 1. The summed E-state index contributed by atoms with van der Waals surface area (Å²) in [6.45, 7) is 0. The Morgan fingerprint density at radius 2 is 2.42 bits per heavy atom. The quantitative estimate of drug-likeness (QED) is 0.352. The van der Waals surface area contributed by atoms with Gasteiger partial charge in [-0.15, -0.1) is 0 Å². The maximum Gasteiger partial charge on any atom is 0.295 e. The van der Waals surface area contributed by atoms with Crippen molar-refractivity contribution in [1.29, 1.82) is 0 Å². The number of carbonyl (C=O) groups is 1. The number of nitrogens with one attached hydrogen (secondary N) is 1. The molecule has 63 valence electrons. The highest BCUT2D eigenvalue weighted by molar-refractivity contribution is 7.09. The predicted octanol–water partition coefficient (Wildman–Crippen LogP) is -0.892. The first kappa shape index (κ1) is 8.40. The van der Waals surface area contributed by atoms with E-state index >= 15 is 0 Å². The lowest BCUT2D eigenvalue weighted by Crippen LogP contribution is -2.17. The predicted molar refractivity (Wildman–Crippen MR) is 40.7 cm³/mol. The van der Waals surface area contributed by atoms with Gasteiger partial charge in [0, 0.05) is 11.5 Å². The number of nitrogens with zero attached hydrogens (tertiary/aromatic N) is 3. The van der Waals surface area contributed by atoms with Crippen molar-refractivity contribution >= 4 is 28.3 Å². The van der Waals surface area contributed by atoms with Crippen LogP contribution >= 0.6 is 11.5 Å². The lowest BCUT2D eigenvalue weighted by atomic mass is 10.3. The monoisotopic (exact) mass is 186 g/mol. The molecule has 0 bridgehead atoms. The van der Waals surface area contributed by atoms with Crippen LogP contribution in [0.1, 0.15) is 5.82 Å². The second-order valence-corrected chi connectivity index (χ2v) is 2.52. The molecule has 0 saturated heterocycles. The van der Waals surface area contributed by atoms with Gasteiger partial charge in [-0.1, -0.05) is 5.16 Å². The number of nitrogen functional groups attached to an aromatic ring is 1. The van der Waals surface area contributed by atoms with E-state index in [-0.39, 0.29) is 11.0 Å². The Labute approximate surface area is 70.9 Å². The van der Waals surface area contributed by atoms with E-state index in [4.69, 9.17) is 16.7 Å². The van der Waals surface area contributed by atoms with Crippen LogP contribution in [-0.2, 0) is 4.79 Å². The summed E-state index contributed by atoms with van der Waals surface area (Å²) in [5.41, 5.74) is 11.3. The number of rotatable bonds is 2. The second kappa shape index (κ2) is 3.13. The largest absolute Gasteiger partial charge is 0.410 e. The van der Waals surface area contributed by atoms with Crippen molar-refractivity contribution < 1.29 is 10.0 Å². The van der Waals surface area contributed by atoms with Gasteiger partial charge in [0.05, 0.1) is 0 Å². The number of hydrogen-bond donors (Lipinski definition) is 2. The number of hydrogen-bond acceptors (Lipinski definition) is 7. The molecule has 0 aromatic carbocycles. The fraction of sp³-hybridized carbons (Fsp3) is 0. The van der Waals surface area contributed by atoms with Crippen molar-refractivity contribution in [1.82, 2.24) is 15.1 Å². The molecule has 0 atom stereocenters. The van der Waals surface area contributed by atoms with Gasteiger partial charge in [-0.3, -0.25) is 10.5 Å². The minimum absolute atomic E-state index is 0.125. The molecule has 0 aliphatic rings. The number of carbonyl (C=O) groups excluding carboxylic acids is 1. The van der Waals surface area contributed by atoms with Gasteiger partial charge in [0.15, 0.2) is 5.13 Å². The van der Waals surface area contributed by atoms with Crippen molar-refractivity contribution in [2.75, 3.05) is 5.73 Å². The average molecular weight is 186 g/mol. The maximum absolute atomic E-state index is 10.4. The third kappa shape index (κ3) is 1.48. The molecule has 0 aliphatic heterocycles. The van der Waals surface area contributed by atoms with E-state index in [1.54, 1.807) is 0 Å². The summed E-state index contributed by atoms with van der Waals surface area (Å²) in [4.78, 5) is 14.0. The minimum atomic E-state index is -1.16. The first-order chi connectivity index (χ1) is 5.65. The van der Waals surface area contributed by atoms with Crippen molar-refractivity contribution in [3.8, 4) is 0 Å². The van der Waals surface area contributed by atoms with Crippen LogP contribution in [0, 0.1) is 0 Å². The fourth-order valence-electron chi connectivity index (χ4n) is 0.523. The highest BCUT2D eigenvalue weighted by Crippen LogP contribution is 2.06. The Morgan fingerprint density at radius 1 is 1.75 bits per heavy atom. The first-order valence-corrected chi connectivity index (χ1v) is 3.50. The summed E-state index contributed by atoms with van der Waals surface area (Å²) in [6.07, 6.45) is 0. The number of anilines is 1. The molecule has 0 fully saturated rings.